The topological polar surface area (TPSA) is 20.3 Å². The average molecular weight is 307 g/mol. The molecule has 0 N–H and O–H groups in total. The Labute approximate surface area is 127 Å². The number of carbonyl (C=O) groups is 1. The van der Waals surface area contributed by atoms with Gasteiger partial charge in [0.2, 0.25) is 0 Å². The van der Waals surface area contributed by atoms with E-state index in [9.17, 15) is 18.0 Å². The van der Waals surface area contributed by atoms with Crippen LogP contribution in [0.2, 0.25) is 0 Å². The molecule has 0 fully saturated rings. The van der Waals surface area contributed by atoms with Crippen molar-refractivity contribution in [3.05, 3.63) is 59.7 Å². The maximum Gasteiger partial charge on any atom is 0.393 e. The van der Waals surface area contributed by atoms with E-state index in [0.29, 0.717) is 16.7 Å². The summed E-state index contributed by atoms with van der Waals surface area (Å²) in [7, 11) is 3.26. The van der Waals surface area contributed by atoms with Crippen molar-refractivity contribution in [3.8, 4) is 11.1 Å². The zero-order valence-electron chi connectivity index (χ0n) is 12.3. The van der Waals surface area contributed by atoms with Gasteiger partial charge in [-0.05, 0) is 28.8 Å². The number of nitrogens with zero attached hydrogens (tertiary/aromatic N) is 1. The van der Waals surface area contributed by atoms with Crippen LogP contribution in [0.5, 0.6) is 0 Å². The van der Waals surface area contributed by atoms with Crippen LogP contribution >= 0.6 is 0 Å². The minimum atomic E-state index is -4.27. The highest BCUT2D eigenvalue weighted by Gasteiger charge is 2.28. The summed E-state index contributed by atoms with van der Waals surface area (Å²) >= 11 is 0. The largest absolute Gasteiger partial charge is 0.393 e. The number of carbonyl (C=O) groups excluding carboxylic acids is 1. The maximum absolute atomic E-state index is 12.7. The first-order valence-electron chi connectivity index (χ1n) is 6.74. The van der Waals surface area contributed by atoms with Gasteiger partial charge in [0.1, 0.15) is 0 Å². The standard InChI is InChI=1S/C17H16F3NO/c1-21(2)16(22)13-8-5-7-12(10-13)15-9-4-3-6-14(15)11-17(18,19)20/h3-10H,11H2,1-2H3. The maximum atomic E-state index is 12.7. The van der Waals surface area contributed by atoms with E-state index in [1.54, 1.807) is 56.6 Å². The first kappa shape index (κ1) is 16.1. The van der Waals surface area contributed by atoms with Crippen molar-refractivity contribution in [2.45, 2.75) is 12.6 Å². The number of rotatable bonds is 3. The van der Waals surface area contributed by atoms with Crippen LogP contribution in [-0.2, 0) is 6.42 Å². The molecular weight excluding hydrogens is 291 g/mol. The third-order valence-corrected chi connectivity index (χ3v) is 3.23. The average Bonchev–Trinajstić information content (AvgIpc) is 2.45. The number of hydrogen-bond donors (Lipinski definition) is 0. The smallest absolute Gasteiger partial charge is 0.345 e. The summed E-state index contributed by atoms with van der Waals surface area (Å²) in [5.41, 5.74) is 1.74. The predicted molar refractivity (Wildman–Crippen MR) is 79.7 cm³/mol. The van der Waals surface area contributed by atoms with Gasteiger partial charge in [-0.15, -0.1) is 0 Å². The molecule has 0 aliphatic carbocycles. The number of halogens is 3. The van der Waals surface area contributed by atoms with Crippen molar-refractivity contribution in [3.63, 3.8) is 0 Å². The van der Waals surface area contributed by atoms with Crippen LogP contribution < -0.4 is 0 Å². The molecular formula is C17H16F3NO. The lowest BCUT2D eigenvalue weighted by Gasteiger charge is -2.14. The van der Waals surface area contributed by atoms with Crippen LogP contribution in [0.3, 0.4) is 0 Å². The summed E-state index contributed by atoms with van der Waals surface area (Å²) in [4.78, 5) is 13.4. The molecule has 2 aromatic carbocycles. The number of amides is 1. The van der Waals surface area contributed by atoms with Crippen LogP contribution in [0.1, 0.15) is 15.9 Å². The zero-order valence-corrected chi connectivity index (χ0v) is 12.3. The normalized spacial score (nSPS) is 11.3. The minimum Gasteiger partial charge on any atom is -0.345 e. The van der Waals surface area contributed by atoms with Crippen molar-refractivity contribution in [1.82, 2.24) is 4.90 Å². The second-order valence-corrected chi connectivity index (χ2v) is 5.23. The van der Waals surface area contributed by atoms with Gasteiger partial charge < -0.3 is 4.90 Å². The van der Waals surface area contributed by atoms with Crippen LogP contribution in [0, 0.1) is 0 Å². The molecule has 2 rings (SSSR count). The van der Waals surface area contributed by atoms with Crippen LogP contribution in [0.15, 0.2) is 48.5 Å². The lowest BCUT2D eigenvalue weighted by atomic mass is 9.96. The number of alkyl halides is 3. The summed E-state index contributed by atoms with van der Waals surface area (Å²) in [6, 6.07) is 13.0. The molecule has 0 aliphatic heterocycles. The van der Waals surface area contributed by atoms with Gasteiger partial charge in [0.05, 0.1) is 6.42 Å². The van der Waals surface area contributed by atoms with Gasteiger partial charge in [0.15, 0.2) is 0 Å². The van der Waals surface area contributed by atoms with Crippen molar-refractivity contribution in [2.75, 3.05) is 14.1 Å². The fourth-order valence-corrected chi connectivity index (χ4v) is 2.25. The summed E-state index contributed by atoms with van der Waals surface area (Å²) in [6.07, 6.45) is -5.26. The molecule has 0 saturated heterocycles. The summed E-state index contributed by atoms with van der Waals surface area (Å²) in [5, 5.41) is 0. The molecule has 5 heteroatoms. The minimum absolute atomic E-state index is 0.185. The molecule has 0 unspecified atom stereocenters. The van der Waals surface area contributed by atoms with Crippen molar-refractivity contribution >= 4 is 5.91 Å². The second kappa shape index (κ2) is 6.22. The Kier molecular flexibility index (Phi) is 4.54. The van der Waals surface area contributed by atoms with Gasteiger partial charge in [-0.1, -0.05) is 36.4 Å². The number of hydrogen-bond acceptors (Lipinski definition) is 1. The molecule has 0 aliphatic rings. The van der Waals surface area contributed by atoms with E-state index < -0.39 is 12.6 Å². The Balaban J connectivity index is 2.45. The van der Waals surface area contributed by atoms with Crippen molar-refractivity contribution in [2.24, 2.45) is 0 Å². The van der Waals surface area contributed by atoms with Crippen LogP contribution in [0.25, 0.3) is 11.1 Å². The van der Waals surface area contributed by atoms with E-state index in [-0.39, 0.29) is 11.5 Å². The number of benzene rings is 2. The third kappa shape index (κ3) is 3.87. The lowest BCUT2D eigenvalue weighted by molar-refractivity contribution is -0.127. The zero-order chi connectivity index (χ0) is 16.3. The molecule has 1 amide bonds. The van der Waals surface area contributed by atoms with Gasteiger partial charge in [-0.3, -0.25) is 4.79 Å². The van der Waals surface area contributed by atoms with Gasteiger partial charge in [-0.2, -0.15) is 13.2 Å². The molecule has 0 radical (unpaired) electrons. The van der Waals surface area contributed by atoms with Gasteiger partial charge in [0.25, 0.3) is 5.91 Å². The van der Waals surface area contributed by atoms with E-state index in [1.165, 1.54) is 11.0 Å². The summed E-state index contributed by atoms with van der Waals surface area (Å²) in [6.45, 7) is 0. The Hall–Kier alpha value is -2.30. The fourth-order valence-electron chi connectivity index (χ4n) is 2.25. The van der Waals surface area contributed by atoms with E-state index in [2.05, 4.69) is 0 Å². The van der Waals surface area contributed by atoms with Gasteiger partial charge in [-0.25, -0.2) is 0 Å². The molecule has 0 spiro atoms. The van der Waals surface area contributed by atoms with E-state index >= 15 is 0 Å². The van der Waals surface area contributed by atoms with Crippen LogP contribution in [0.4, 0.5) is 13.2 Å². The lowest BCUT2D eigenvalue weighted by Crippen LogP contribution is -2.21. The molecule has 2 aromatic rings. The Morgan fingerprint density at radius 3 is 2.36 bits per heavy atom. The van der Waals surface area contributed by atoms with Crippen LogP contribution in [-0.4, -0.2) is 31.1 Å². The van der Waals surface area contributed by atoms with Gasteiger partial charge in [0, 0.05) is 19.7 Å². The molecule has 0 atom stereocenters. The molecule has 2 nitrogen and oxygen atoms in total. The van der Waals surface area contributed by atoms with Crippen molar-refractivity contribution in [1.29, 1.82) is 0 Å². The van der Waals surface area contributed by atoms with E-state index in [0.717, 1.165) is 0 Å². The highest BCUT2D eigenvalue weighted by atomic mass is 19.4. The highest BCUT2D eigenvalue weighted by Crippen LogP contribution is 2.30. The summed E-state index contributed by atoms with van der Waals surface area (Å²) in [5.74, 6) is -0.185. The van der Waals surface area contributed by atoms with Gasteiger partial charge >= 0.3 is 6.18 Å². The molecule has 22 heavy (non-hydrogen) atoms. The monoisotopic (exact) mass is 307 g/mol. The predicted octanol–water partition coefficient (Wildman–Crippen LogP) is 4.16. The van der Waals surface area contributed by atoms with E-state index in [1.807, 2.05) is 0 Å². The molecule has 116 valence electrons. The molecule has 0 aromatic heterocycles. The Morgan fingerprint density at radius 1 is 1.05 bits per heavy atom. The molecule has 0 bridgehead atoms. The fraction of sp³-hybridized carbons (Fsp3) is 0.235. The third-order valence-electron chi connectivity index (χ3n) is 3.23. The summed E-state index contributed by atoms with van der Waals surface area (Å²) < 4.78 is 38.1. The first-order valence-corrected chi connectivity index (χ1v) is 6.74. The Morgan fingerprint density at radius 2 is 1.73 bits per heavy atom. The highest BCUT2D eigenvalue weighted by molar-refractivity contribution is 5.95. The first-order chi connectivity index (χ1) is 10.3. The Bertz CT molecular complexity index is 678. The van der Waals surface area contributed by atoms with E-state index in [4.69, 9.17) is 0 Å². The van der Waals surface area contributed by atoms with Crippen molar-refractivity contribution < 1.29 is 18.0 Å². The second-order valence-electron chi connectivity index (χ2n) is 5.23. The molecule has 0 heterocycles. The molecule has 0 saturated carbocycles. The SMILES string of the molecule is CN(C)C(=O)c1cccc(-c2ccccc2CC(F)(F)F)c1. The quantitative estimate of drug-likeness (QED) is 0.834.